The smallest absolute Gasteiger partial charge is 0.142 e. The molecule has 3 nitrogen and oxygen atoms in total. The Morgan fingerprint density at radius 3 is 2.64 bits per heavy atom. The fourth-order valence-electron chi connectivity index (χ4n) is 1.15. The molecule has 1 aromatic rings. The SMILES string of the molecule is CNc1cc(C#N)ccc1OC(C)C. The molecule has 0 unspecified atom stereocenters. The van der Waals surface area contributed by atoms with Crippen LogP contribution in [0.4, 0.5) is 5.69 Å². The monoisotopic (exact) mass is 190 g/mol. The normalized spacial score (nSPS) is 9.64. The van der Waals surface area contributed by atoms with Gasteiger partial charge in [0.2, 0.25) is 0 Å². The van der Waals surface area contributed by atoms with Gasteiger partial charge in [-0.2, -0.15) is 5.26 Å². The van der Waals surface area contributed by atoms with Crippen LogP contribution < -0.4 is 10.1 Å². The molecule has 3 heteroatoms. The van der Waals surface area contributed by atoms with Crippen molar-refractivity contribution in [3.63, 3.8) is 0 Å². The van der Waals surface area contributed by atoms with Crippen LogP contribution in [0.25, 0.3) is 0 Å². The van der Waals surface area contributed by atoms with Gasteiger partial charge in [-0.3, -0.25) is 0 Å². The number of hydrogen-bond acceptors (Lipinski definition) is 3. The van der Waals surface area contributed by atoms with Crippen molar-refractivity contribution in [2.24, 2.45) is 0 Å². The number of benzene rings is 1. The molecule has 0 spiro atoms. The van der Waals surface area contributed by atoms with Gasteiger partial charge in [-0.25, -0.2) is 0 Å². The first-order valence-corrected chi connectivity index (χ1v) is 4.56. The van der Waals surface area contributed by atoms with Gasteiger partial charge in [0.15, 0.2) is 0 Å². The van der Waals surface area contributed by atoms with Gasteiger partial charge in [0.25, 0.3) is 0 Å². The second kappa shape index (κ2) is 4.52. The Bertz CT molecular complexity index is 353. The summed E-state index contributed by atoms with van der Waals surface area (Å²) in [7, 11) is 1.81. The second-order valence-electron chi connectivity index (χ2n) is 3.24. The number of rotatable bonds is 3. The van der Waals surface area contributed by atoms with E-state index in [0.717, 1.165) is 11.4 Å². The standard InChI is InChI=1S/C11H14N2O/c1-8(2)14-11-5-4-9(7-12)6-10(11)13-3/h4-6,8,13H,1-3H3. The quantitative estimate of drug-likeness (QED) is 0.795. The molecule has 1 rings (SSSR count). The Kier molecular flexibility index (Phi) is 3.35. The summed E-state index contributed by atoms with van der Waals surface area (Å²) < 4.78 is 5.56. The summed E-state index contributed by atoms with van der Waals surface area (Å²) in [6, 6.07) is 7.42. The Hall–Kier alpha value is -1.69. The zero-order valence-electron chi connectivity index (χ0n) is 8.66. The number of ether oxygens (including phenoxy) is 1. The molecule has 0 bridgehead atoms. The largest absolute Gasteiger partial charge is 0.489 e. The summed E-state index contributed by atoms with van der Waals surface area (Å²) in [5.41, 5.74) is 1.48. The molecule has 0 aliphatic rings. The second-order valence-corrected chi connectivity index (χ2v) is 3.24. The summed E-state index contributed by atoms with van der Waals surface area (Å²) in [6.45, 7) is 3.94. The lowest BCUT2D eigenvalue weighted by atomic mass is 10.2. The van der Waals surface area contributed by atoms with Gasteiger partial charge >= 0.3 is 0 Å². The summed E-state index contributed by atoms with van der Waals surface area (Å²) in [5.74, 6) is 0.779. The predicted molar refractivity (Wildman–Crippen MR) is 56.5 cm³/mol. The van der Waals surface area contributed by atoms with Crippen LogP contribution >= 0.6 is 0 Å². The molecule has 0 saturated heterocycles. The molecule has 0 aromatic heterocycles. The zero-order valence-corrected chi connectivity index (χ0v) is 8.66. The summed E-state index contributed by atoms with van der Waals surface area (Å²) in [4.78, 5) is 0. The summed E-state index contributed by atoms with van der Waals surface area (Å²) in [6.07, 6.45) is 0.134. The van der Waals surface area contributed by atoms with E-state index in [2.05, 4.69) is 11.4 Å². The third kappa shape index (κ3) is 2.40. The van der Waals surface area contributed by atoms with E-state index in [1.165, 1.54) is 0 Å². The molecule has 74 valence electrons. The van der Waals surface area contributed by atoms with Crippen LogP contribution in [0.5, 0.6) is 5.75 Å². The Morgan fingerprint density at radius 2 is 2.14 bits per heavy atom. The summed E-state index contributed by atoms with van der Waals surface area (Å²) in [5, 5.41) is 11.7. The molecule has 1 N–H and O–H groups in total. The fourth-order valence-corrected chi connectivity index (χ4v) is 1.15. The van der Waals surface area contributed by atoms with Gasteiger partial charge in [0, 0.05) is 7.05 Å². The van der Waals surface area contributed by atoms with Gasteiger partial charge < -0.3 is 10.1 Å². The van der Waals surface area contributed by atoms with Gasteiger partial charge in [-0.1, -0.05) is 0 Å². The molecule has 0 radical (unpaired) electrons. The number of nitriles is 1. The van der Waals surface area contributed by atoms with Gasteiger partial charge in [0.1, 0.15) is 5.75 Å². The van der Waals surface area contributed by atoms with Crippen molar-refractivity contribution in [2.45, 2.75) is 20.0 Å². The molecule has 0 saturated carbocycles. The van der Waals surface area contributed by atoms with Crippen molar-refractivity contribution in [1.29, 1.82) is 5.26 Å². The van der Waals surface area contributed by atoms with E-state index in [4.69, 9.17) is 10.00 Å². The number of anilines is 1. The van der Waals surface area contributed by atoms with E-state index >= 15 is 0 Å². The highest BCUT2D eigenvalue weighted by Crippen LogP contribution is 2.25. The molecule has 0 aliphatic heterocycles. The van der Waals surface area contributed by atoms with Crippen LogP contribution in [0.1, 0.15) is 19.4 Å². The topological polar surface area (TPSA) is 45.0 Å². The van der Waals surface area contributed by atoms with E-state index < -0.39 is 0 Å². The van der Waals surface area contributed by atoms with Crippen molar-refractivity contribution in [3.05, 3.63) is 23.8 Å². The third-order valence-electron chi connectivity index (χ3n) is 1.74. The average Bonchev–Trinajstić information content (AvgIpc) is 2.17. The molecule has 1 aromatic carbocycles. The van der Waals surface area contributed by atoms with Crippen LogP contribution in [0, 0.1) is 11.3 Å². The first-order chi connectivity index (χ1) is 6.67. The zero-order chi connectivity index (χ0) is 10.6. The third-order valence-corrected chi connectivity index (χ3v) is 1.74. The molecule has 0 atom stereocenters. The lowest BCUT2D eigenvalue weighted by molar-refractivity contribution is 0.243. The van der Waals surface area contributed by atoms with E-state index in [-0.39, 0.29) is 6.10 Å². The minimum absolute atomic E-state index is 0.134. The van der Waals surface area contributed by atoms with Crippen LogP contribution in [0.2, 0.25) is 0 Å². The minimum Gasteiger partial charge on any atom is -0.489 e. The van der Waals surface area contributed by atoms with Crippen molar-refractivity contribution in [3.8, 4) is 11.8 Å². The van der Waals surface area contributed by atoms with Gasteiger partial charge in [0.05, 0.1) is 23.4 Å². The maximum Gasteiger partial charge on any atom is 0.142 e. The maximum atomic E-state index is 8.71. The van der Waals surface area contributed by atoms with Crippen molar-refractivity contribution >= 4 is 5.69 Å². The number of nitrogens with zero attached hydrogens (tertiary/aromatic N) is 1. The number of hydrogen-bond donors (Lipinski definition) is 1. The summed E-state index contributed by atoms with van der Waals surface area (Å²) >= 11 is 0. The molecular formula is C11H14N2O. The Morgan fingerprint density at radius 1 is 1.43 bits per heavy atom. The van der Waals surface area contributed by atoms with Crippen LogP contribution in [0.15, 0.2) is 18.2 Å². The molecule has 0 amide bonds. The molecule has 14 heavy (non-hydrogen) atoms. The molecule has 0 aliphatic carbocycles. The molecule has 0 heterocycles. The number of nitrogens with one attached hydrogen (secondary N) is 1. The average molecular weight is 190 g/mol. The predicted octanol–water partition coefficient (Wildman–Crippen LogP) is 2.39. The van der Waals surface area contributed by atoms with Gasteiger partial charge in [-0.15, -0.1) is 0 Å². The van der Waals surface area contributed by atoms with E-state index in [9.17, 15) is 0 Å². The van der Waals surface area contributed by atoms with E-state index in [1.807, 2.05) is 27.0 Å². The molecule has 0 fully saturated rings. The highest BCUT2D eigenvalue weighted by molar-refractivity contribution is 5.59. The Balaban J connectivity index is 3.00. The minimum atomic E-state index is 0.134. The first kappa shape index (κ1) is 10.4. The first-order valence-electron chi connectivity index (χ1n) is 4.56. The Labute approximate surface area is 84.3 Å². The van der Waals surface area contributed by atoms with E-state index in [0.29, 0.717) is 5.56 Å². The van der Waals surface area contributed by atoms with Crippen molar-refractivity contribution < 1.29 is 4.74 Å². The van der Waals surface area contributed by atoms with Crippen molar-refractivity contribution in [1.82, 2.24) is 0 Å². The highest BCUT2D eigenvalue weighted by atomic mass is 16.5. The van der Waals surface area contributed by atoms with Crippen LogP contribution in [0.3, 0.4) is 0 Å². The molecular weight excluding hydrogens is 176 g/mol. The van der Waals surface area contributed by atoms with Crippen molar-refractivity contribution in [2.75, 3.05) is 12.4 Å². The lowest BCUT2D eigenvalue weighted by Gasteiger charge is -2.13. The lowest BCUT2D eigenvalue weighted by Crippen LogP contribution is -2.07. The van der Waals surface area contributed by atoms with Crippen LogP contribution in [-0.4, -0.2) is 13.2 Å². The van der Waals surface area contributed by atoms with E-state index in [1.54, 1.807) is 12.1 Å². The highest BCUT2D eigenvalue weighted by Gasteiger charge is 2.04. The maximum absolute atomic E-state index is 8.71. The van der Waals surface area contributed by atoms with Crippen LogP contribution in [-0.2, 0) is 0 Å². The van der Waals surface area contributed by atoms with Gasteiger partial charge in [-0.05, 0) is 32.0 Å². The fraction of sp³-hybridized carbons (Fsp3) is 0.364.